The van der Waals surface area contributed by atoms with Gasteiger partial charge in [-0.15, -0.1) is 0 Å². The number of carbonyl (C=O) groups excluding carboxylic acids is 2. The molecule has 4 amide bonds. The van der Waals surface area contributed by atoms with E-state index in [1.807, 2.05) is 42.2 Å². The van der Waals surface area contributed by atoms with Crippen LogP contribution in [0.3, 0.4) is 0 Å². The fourth-order valence-corrected chi connectivity index (χ4v) is 8.09. The zero-order chi connectivity index (χ0) is 21.2. The summed E-state index contributed by atoms with van der Waals surface area (Å²) in [6.45, 7) is 4.23. The van der Waals surface area contributed by atoms with Crippen molar-refractivity contribution in [3.63, 3.8) is 0 Å². The van der Waals surface area contributed by atoms with Crippen LogP contribution in [0.1, 0.15) is 57.1 Å². The molecule has 0 radical (unpaired) electrons. The van der Waals surface area contributed by atoms with Crippen LogP contribution in [0.5, 0.6) is 0 Å². The Labute approximate surface area is 184 Å². The fraction of sp³-hybridized carbons (Fsp3) is 0.680. The summed E-state index contributed by atoms with van der Waals surface area (Å²) in [5.74, 6) is 3.17. The van der Waals surface area contributed by atoms with Crippen molar-refractivity contribution in [3.05, 3.63) is 35.9 Å². The monoisotopic (exact) mass is 422 g/mol. The first-order chi connectivity index (χ1) is 15.0. The minimum atomic E-state index is -0.00114. The molecule has 166 valence electrons. The Morgan fingerprint density at radius 3 is 2.35 bits per heavy atom. The largest absolute Gasteiger partial charge is 0.338 e. The van der Waals surface area contributed by atoms with Gasteiger partial charge in [-0.3, -0.25) is 0 Å². The summed E-state index contributed by atoms with van der Waals surface area (Å²) in [5.41, 5.74) is 1.79. The number of amides is 4. The minimum Gasteiger partial charge on any atom is -0.338 e. The van der Waals surface area contributed by atoms with Gasteiger partial charge < -0.3 is 20.9 Å². The highest BCUT2D eigenvalue weighted by molar-refractivity contribution is 5.76. The van der Waals surface area contributed by atoms with E-state index in [0.717, 1.165) is 49.2 Å². The maximum atomic E-state index is 12.6. The molecule has 5 aliphatic rings. The predicted molar refractivity (Wildman–Crippen MR) is 118 cm³/mol. The molecule has 6 nitrogen and oxygen atoms in total. The van der Waals surface area contributed by atoms with Crippen LogP contribution in [0.25, 0.3) is 0 Å². The molecule has 0 bridgehead atoms. The molecule has 1 aromatic rings. The summed E-state index contributed by atoms with van der Waals surface area (Å²) >= 11 is 0. The van der Waals surface area contributed by atoms with Crippen molar-refractivity contribution in [1.29, 1.82) is 0 Å². The highest BCUT2D eigenvalue weighted by Gasteiger charge is 2.88. The number of benzene rings is 1. The van der Waals surface area contributed by atoms with Crippen LogP contribution in [0.15, 0.2) is 30.3 Å². The lowest BCUT2D eigenvalue weighted by Crippen LogP contribution is -2.93. The van der Waals surface area contributed by atoms with E-state index in [1.165, 1.54) is 25.7 Å². The first-order valence-electron chi connectivity index (χ1n) is 12.2. The summed E-state index contributed by atoms with van der Waals surface area (Å²) < 4.78 is 0. The van der Waals surface area contributed by atoms with Gasteiger partial charge in [-0.2, -0.15) is 0 Å². The first-order valence-corrected chi connectivity index (χ1v) is 12.2. The van der Waals surface area contributed by atoms with Gasteiger partial charge in [0.1, 0.15) is 0 Å². The van der Waals surface area contributed by atoms with Gasteiger partial charge in [0.15, 0.2) is 0 Å². The molecule has 6 rings (SSSR count). The molecule has 4 aliphatic carbocycles. The standard InChI is InChI=1S/C25H34N4O2/c1-16(18-5-3-2-4-6-18)27-23(31)29-9-7-17(8-10-29)15-26-22(30)28-24-13-20-11-19-12-21(14-24)25(19,20)24/h2-6,16-17,19-21H,7-15H2,1H3,(H,27,31)(H2,26,28,30). The van der Waals surface area contributed by atoms with Crippen LogP contribution >= 0.6 is 0 Å². The Bertz CT molecular complexity index is 853. The highest BCUT2D eigenvalue weighted by atomic mass is 16.2. The average molecular weight is 423 g/mol. The normalized spacial score (nSPS) is 38.1. The molecule has 3 N–H and O–H groups in total. The number of hydrogen-bond donors (Lipinski definition) is 3. The van der Waals surface area contributed by atoms with Crippen molar-refractivity contribution in [1.82, 2.24) is 20.9 Å². The lowest BCUT2D eigenvalue weighted by molar-refractivity contribution is -0.393. The Balaban J connectivity index is 0.926. The number of piperidine rings is 1. The minimum absolute atomic E-state index is 0.00114. The summed E-state index contributed by atoms with van der Waals surface area (Å²) in [5, 5.41) is 9.64. The van der Waals surface area contributed by atoms with E-state index >= 15 is 0 Å². The van der Waals surface area contributed by atoms with Gasteiger partial charge in [-0.25, -0.2) is 9.59 Å². The number of nitrogens with one attached hydrogen (secondary N) is 3. The molecule has 4 saturated carbocycles. The van der Waals surface area contributed by atoms with E-state index < -0.39 is 0 Å². The van der Waals surface area contributed by atoms with Gasteiger partial charge in [-0.1, -0.05) is 30.3 Å². The summed E-state index contributed by atoms with van der Waals surface area (Å²) in [7, 11) is 0. The number of nitrogens with zero attached hydrogens (tertiary/aromatic N) is 1. The van der Waals surface area contributed by atoms with E-state index in [-0.39, 0.29) is 23.6 Å². The number of rotatable bonds is 5. The van der Waals surface area contributed by atoms with Crippen LogP contribution in [-0.4, -0.2) is 42.1 Å². The van der Waals surface area contributed by atoms with Gasteiger partial charge in [-0.05, 0) is 74.7 Å². The summed E-state index contributed by atoms with van der Waals surface area (Å²) in [4.78, 5) is 27.1. The molecule has 3 atom stereocenters. The molecule has 1 spiro atoms. The van der Waals surface area contributed by atoms with E-state index in [2.05, 4.69) is 16.0 Å². The van der Waals surface area contributed by atoms with E-state index in [1.54, 1.807) is 0 Å². The molecular formula is C25H34N4O2. The molecule has 3 unspecified atom stereocenters. The second-order valence-corrected chi connectivity index (χ2v) is 10.8. The Morgan fingerprint density at radius 2 is 1.74 bits per heavy atom. The first kappa shape index (κ1) is 19.4. The second kappa shape index (κ2) is 6.88. The second-order valence-electron chi connectivity index (χ2n) is 10.8. The molecular weight excluding hydrogens is 388 g/mol. The maximum absolute atomic E-state index is 12.6. The third-order valence-corrected chi connectivity index (χ3v) is 9.63. The number of hydrogen-bond acceptors (Lipinski definition) is 2. The van der Waals surface area contributed by atoms with Crippen molar-refractivity contribution >= 4 is 12.1 Å². The van der Waals surface area contributed by atoms with Gasteiger partial charge in [0, 0.05) is 30.6 Å². The third-order valence-electron chi connectivity index (χ3n) is 9.63. The van der Waals surface area contributed by atoms with Crippen LogP contribution in [0, 0.1) is 29.1 Å². The molecule has 1 heterocycles. The Hall–Kier alpha value is -2.24. The zero-order valence-electron chi connectivity index (χ0n) is 18.4. The molecule has 1 aromatic carbocycles. The average Bonchev–Trinajstić information content (AvgIpc) is 2.73. The molecule has 6 heteroatoms. The van der Waals surface area contributed by atoms with Gasteiger partial charge >= 0.3 is 12.1 Å². The van der Waals surface area contributed by atoms with E-state index in [4.69, 9.17) is 0 Å². The smallest absolute Gasteiger partial charge is 0.317 e. The van der Waals surface area contributed by atoms with Crippen molar-refractivity contribution in [2.24, 2.45) is 29.1 Å². The lowest BCUT2D eigenvalue weighted by Gasteiger charge is -2.90. The van der Waals surface area contributed by atoms with Crippen LogP contribution in [0.4, 0.5) is 9.59 Å². The molecule has 0 aromatic heterocycles. The van der Waals surface area contributed by atoms with Crippen molar-refractivity contribution in [2.75, 3.05) is 19.6 Å². The lowest BCUT2D eigenvalue weighted by atomic mass is 9.15. The topological polar surface area (TPSA) is 73.5 Å². The SMILES string of the molecule is CC(NC(=O)N1CCC(CNC(=O)NC23CC4CC5CC(C2)C543)CC1)c1ccccc1. The van der Waals surface area contributed by atoms with Gasteiger partial charge in [0.05, 0.1) is 6.04 Å². The van der Waals surface area contributed by atoms with Crippen LogP contribution in [0.2, 0.25) is 0 Å². The highest BCUT2D eigenvalue weighted by Crippen LogP contribution is 2.89. The Kier molecular flexibility index (Phi) is 4.31. The number of carbonyl (C=O) groups is 2. The predicted octanol–water partition coefficient (Wildman–Crippen LogP) is 3.66. The quantitative estimate of drug-likeness (QED) is 0.678. The molecule has 1 aliphatic heterocycles. The zero-order valence-corrected chi connectivity index (χ0v) is 18.4. The van der Waals surface area contributed by atoms with E-state index in [9.17, 15) is 9.59 Å². The number of urea groups is 2. The van der Waals surface area contributed by atoms with Crippen molar-refractivity contribution in [3.8, 4) is 0 Å². The molecule has 1 saturated heterocycles. The van der Waals surface area contributed by atoms with Gasteiger partial charge in [0.2, 0.25) is 0 Å². The van der Waals surface area contributed by atoms with Gasteiger partial charge in [0.25, 0.3) is 0 Å². The van der Waals surface area contributed by atoms with Crippen LogP contribution < -0.4 is 16.0 Å². The maximum Gasteiger partial charge on any atom is 0.317 e. The summed E-state index contributed by atoms with van der Waals surface area (Å²) in [6, 6.07) is 10.1. The molecule has 31 heavy (non-hydrogen) atoms. The van der Waals surface area contributed by atoms with Crippen molar-refractivity contribution < 1.29 is 9.59 Å². The Morgan fingerprint density at radius 1 is 1.06 bits per heavy atom. The molecule has 5 fully saturated rings. The van der Waals surface area contributed by atoms with Crippen molar-refractivity contribution in [2.45, 2.75) is 57.0 Å². The third kappa shape index (κ3) is 2.69. The van der Waals surface area contributed by atoms with E-state index in [0.29, 0.717) is 17.9 Å². The summed E-state index contributed by atoms with van der Waals surface area (Å²) in [6.07, 6.45) is 7.13. The van der Waals surface area contributed by atoms with Crippen LogP contribution in [-0.2, 0) is 0 Å². The fourth-order valence-electron chi connectivity index (χ4n) is 8.09. The number of likely N-dealkylation sites (tertiary alicyclic amines) is 1.